The van der Waals surface area contributed by atoms with Gasteiger partial charge in [-0.2, -0.15) is 9.97 Å². The van der Waals surface area contributed by atoms with Gasteiger partial charge in [-0.25, -0.2) is 4.98 Å². The number of halogens is 1. The molecule has 0 saturated heterocycles. The quantitative estimate of drug-likeness (QED) is 0.532. The van der Waals surface area contributed by atoms with Crippen molar-refractivity contribution < 1.29 is 5.11 Å². The van der Waals surface area contributed by atoms with Crippen LogP contribution in [0.2, 0.25) is 0 Å². The van der Waals surface area contributed by atoms with Crippen molar-refractivity contribution in [3.63, 3.8) is 0 Å². The fourth-order valence-electron chi connectivity index (χ4n) is 1.62. The molecule has 5 N–H and O–H groups in total. The number of nitrogens with zero attached hydrogens (tertiary/aromatic N) is 3. The van der Waals surface area contributed by atoms with Crippen molar-refractivity contribution in [2.24, 2.45) is 0 Å². The summed E-state index contributed by atoms with van der Waals surface area (Å²) in [5.74, 6) is 0.894. The van der Waals surface area contributed by atoms with Crippen LogP contribution in [0, 0.1) is 0 Å². The molecular weight excluding hydrogens is 268 g/mol. The minimum atomic E-state index is 0. The Hall–Kier alpha value is -2.54. The van der Waals surface area contributed by atoms with E-state index in [0.717, 1.165) is 5.69 Å². The summed E-state index contributed by atoms with van der Waals surface area (Å²) in [6.45, 7) is 0. The van der Waals surface area contributed by atoms with E-state index >= 15 is 0 Å². The van der Waals surface area contributed by atoms with E-state index < -0.39 is 0 Å². The Labute approximate surface area is 114 Å². The number of imidazole rings is 1. The topological polar surface area (TPSA) is 113 Å². The van der Waals surface area contributed by atoms with Gasteiger partial charge in [-0.3, -0.25) is 0 Å². The van der Waals surface area contributed by atoms with Gasteiger partial charge in [-0.15, -0.1) is 12.4 Å². The minimum Gasteiger partial charge on any atom is -0.508 e. The molecule has 7 nitrogen and oxygen atoms in total. The third kappa shape index (κ3) is 2.50. The fraction of sp³-hybridized carbons (Fsp3) is 0. The number of aromatic hydroxyl groups is 1. The lowest BCUT2D eigenvalue weighted by Gasteiger charge is -2.06. The Morgan fingerprint density at radius 2 is 1.89 bits per heavy atom. The first kappa shape index (κ1) is 12.9. The normalized spacial score (nSPS) is 10.1. The van der Waals surface area contributed by atoms with E-state index in [1.807, 2.05) is 0 Å². The Balaban J connectivity index is 0.00000133. The van der Waals surface area contributed by atoms with Gasteiger partial charge in [0.25, 0.3) is 0 Å². The maximum atomic E-state index is 9.22. The molecular formula is C11H11ClN6O. The first-order valence-corrected chi connectivity index (χ1v) is 5.25. The van der Waals surface area contributed by atoms with E-state index in [9.17, 15) is 5.11 Å². The van der Waals surface area contributed by atoms with Crippen LogP contribution in [-0.4, -0.2) is 25.0 Å². The van der Waals surface area contributed by atoms with Crippen molar-refractivity contribution in [3.05, 3.63) is 30.6 Å². The molecule has 0 amide bonds. The van der Waals surface area contributed by atoms with Crippen LogP contribution in [0.5, 0.6) is 5.75 Å². The first-order chi connectivity index (χ1) is 8.72. The summed E-state index contributed by atoms with van der Waals surface area (Å²) in [4.78, 5) is 15.1. The lowest BCUT2D eigenvalue weighted by molar-refractivity contribution is 0.475. The molecule has 0 aliphatic heterocycles. The summed E-state index contributed by atoms with van der Waals surface area (Å²) in [5.41, 5.74) is 7.57. The SMILES string of the molecule is Cl.Nc1nc(Nc2ccc(O)cc2)c2[nH]cnc2n1. The van der Waals surface area contributed by atoms with Crippen LogP contribution in [0.3, 0.4) is 0 Å². The Morgan fingerprint density at radius 3 is 2.63 bits per heavy atom. The second kappa shape index (κ2) is 4.99. The molecule has 3 rings (SSSR count). The zero-order chi connectivity index (χ0) is 12.5. The van der Waals surface area contributed by atoms with Crippen molar-refractivity contribution in [1.82, 2.24) is 19.9 Å². The number of phenolic OH excluding ortho intramolecular Hbond substituents is 1. The average molecular weight is 279 g/mol. The molecule has 19 heavy (non-hydrogen) atoms. The highest BCUT2D eigenvalue weighted by Crippen LogP contribution is 2.23. The summed E-state index contributed by atoms with van der Waals surface area (Å²) in [5, 5.41) is 12.3. The van der Waals surface area contributed by atoms with Crippen LogP contribution >= 0.6 is 12.4 Å². The maximum Gasteiger partial charge on any atom is 0.224 e. The van der Waals surface area contributed by atoms with Gasteiger partial charge in [-0.1, -0.05) is 0 Å². The van der Waals surface area contributed by atoms with Gasteiger partial charge in [0.1, 0.15) is 11.3 Å². The molecule has 0 spiro atoms. The number of hydrogen-bond acceptors (Lipinski definition) is 6. The number of H-pyrrole nitrogens is 1. The second-order valence-electron chi connectivity index (χ2n) is 3.70. The van der Waals surface area contributed by atoms with Crippen molar-refractivity contribution in [3.8, 4) is 5.75 Å². The lowest BCUT2D eigenvalue weighted by atomic mass is 10.3. The molecule has 0 aliphatic rings. The third-order valence-corrected chi connectivity index (χ3v) is 2.43. The smallest absolute Gasteiger partial charge is 0.224 e. The monoisotopic (exact) mass is 278 g/mol. The predicted octanol–water partition coefficient (Wildman–Crippen LogP) is 1.81. The Kier molecular flexibility index (Phi) is 3.39. The van der Waals surface area contributed by atoms with Crippen LogP contribution < -0.4 is 11.1 Å². The molecule has 3 aromatic rings. The van der Waals surface area contributed by atoms with E-state index in [1.54, 1.807) is 24.3 Å². The highest BCUT2D eigenvalue weighted by molar-refractivity contribution is 5.86. The molecule has 2 aromatic heterocycles. The number of nitrogen functional groups attached to an aromatic ring is 1. The maximum absolute atomic E-state index is 9.22. The van der Waals surface area contributed by atoms with E-state index in [-0.39, 0.29) is 24.1 Å². The van der Waals surface area contributed by atoms with Crippen LogP contribution in [0.4, 0.5) is 17.5 Å². The number of hydrogen-bond donors (Lipinski definition) is 4. The molecule has 8 heteroatoms. The summed E-state index contributed by atoms with van der Waals surface area (Å²) in [6, 6.07) is 6.62. The molecule has 0 fully saturated rings. The number of aromatic amines is 1. The summed E-state index contributed by atoms with van der Waals surface area (Å²) in [6.07, 6.45) is 1.53. The van der Waals surface area contributed by atoms with Crippen molar-refractivity contribution in [1.29, 1.82) is 0 Å². The molecule has 2 heterocycles. The predicted molar refractivity (Wildman–Crippen MR) is 74.7 cm³/mol. The molecule has 0 atom stereocenters. The third-order valence-electron chi connectivity index (χ3n) is 2.43. The van der Waals surface area contributed by atoms with Crippen molar-refractivity contribution >= 4 is 41.0 Å². The van der Waals surface area contributed by atoms with E-state index in [4.69, 9.17) is 5.73 Å². The van der Waals surface area contributed by atoms with Gasteiger partial charge in [0.05, 0.1) is 6.33 Å². The zero-order valence-electron chi connectivity index (χ0n) is 9.66. The van der Waals surface area contributed by atoms with Crippen LogP contribution in [0.1, 0.15) is 0 Å². The molecule has 0 bridgehead atoms. The number of benzene rings is 1. The average Bonchev–Trinajstić information content (AvgIpc) is 2.80. The van der Waals surface area contributed by atoms with Crippen molar-refractivity contribution in [2.45, 2.75) is 0 Å². The standard InChI is InChI=1S/C11H10N6O.ClH/c12-11-16-9-8(13-5-14-9)10(17-11)15-6-1-3-7(18)4-2-6;/h1-5,18H,(H4,12,13,14,15,16,17);1H. The molecule has 0 saturated carbocycles. The van der Waals surface area contributed by atoms with E-state index in [2.05, 4.69) is 25.3 Å². The number of phenols is 1. The number of rotatable bonds is 2. The lowest BCUT2D eigenvalue weighted by Crippen LogP contribution is -2.01. The van der Waals surface area contributed by atoms with Gasteiger partial charge in [0, 0.05) is 5.69 Å². The number of aromatic nitrogens is 4. The van der Waals surface area contributed by atoms with Gasteiger partial charge in [0.2, 0.25) is 5.95 Å². The summed E-state index contributed by atoms with van der Waals surface area (Å²) in [7, 11) is 0. The van der Waals surface area contributed by atoms with Crippen molar-refractivity contribution in [2.75, 3.05) is 11.1 Å². The number of fused-ring (bicyclic) bond motifs is 1. The zero-order valence-corrected chi connectivity index (χ0v) is 10.5. The Bertz CT molecular complexity index is 696. The number of nitrogens with two attached hydrogens (primary N) is 1. The fourth-order valence-corrected chi connectivity index (χ4v) is 1.62. The van der Waals surface area contributed by atoms with Gasteiger partial charge < -0.3 is 21.1 Å². The van der Waals surface area contributed by atoms with Gasteiger partial charge in [-0.05, 0) is 24.3 Å². The summed E-state index contributed by atoms with van der Waals surface area (Å²) >= 11 is 0. The second-order valence-corrected chi connectivity index (χ2v) is 3.70. The number of nitrogens with one attached hydrogen (secondary N) is 2. The molecule has 0 radical (unpaired) electrons. The number of anilines is 3. The Morgan fingerprint density at radius 1 is 1.16 bits per heavy atom. The summed E-state index contributed by atoms with van der Waals surface area (Å²) < 4.78 is 0. The van der Waals surface area contributed by atoms with Crippen LogP contribution in [0.15, 0.2) is 30.6 Å². The van der Waals surface area contributed by atoms with E-state index in [1.165, 1.54) is 6.33 Å². The van der Waals surface area contributed by atoms with E-state index in [0.29, 0.717) is 17.0 Å². The van der Waals surface area contributed by atoms with Gasteiger partial charge >= 0.3 is 0 Å². The van der Waals surface area contributed by atoms with Gasteiger partial charge in [0.15, 0.2) is 11.5 Å². The highest BCUT2D eigenvalue weighted by atomic mass is 35.5. The molecule has 1 aromatic carbocycles. The highest BCUT2D eigenvalue weighted by Gasteiger charge is 2.08. The minimum absolute atomic E-state index is 0. The molecule has 0 unspecified atom stereocenters. The molecule has 98 valence electrons. The van der Waals surface area contributed by atoms with Crippen LogP contribution in [-0.2, 0) is 0 Å². The first-order valence-electron chi connectivity index (χ1n) is 5.25. The largest absolute Gasteiger partial charge is 0.508 e. The van der Waals surface area contributed by atoms with Crippen LogP contribution in [0.25, 0.3) is 11.2 Å². The molecule has 0 aliphatic carbocycles.